The molecule has 2 amide bonds. The van der Waals surface area contributed by atoms with E-state index in [0.717, 1.165) is 5.56 Å². The van der Waals surface area contributed by atoms with Crippen LogP contribution < -0.4 is 25.0 Å². The van der Waals surface area contributed by atoms with Gasteiger partial charge in [0.1, 0.15) is 5.75 Å². The number of methoxy groups -OCH3 is 3. The van der Waals surface area contributed by atoms with Gasteiger partial charge in [-0.15, -0.1) is 0 Å². The first kappa shape index (κ1) is 19.8. The zero-order valence-electron chi connectivity index (χ0n) is 15.3. The lowest BCUT2D eigenvalue weighted by molar-refractivity contribution is -0.120. The molecule has 2 rings (SSSR count). The maximum Gasteiger partial charge on any atom is 0.259 e. The molecule has 2 N–H and O–H groups in total. The molecule has 142 valence electrons. The number of nitrogens with one attached hydrogen (secondary N) is 2. The normalized spacial score (nSPS) is 10.3. The zero-order chi connectivity index (χ0) is 19.6. The maximum absolute atomic E-state index is 12.2. The molecule has 2 aromatic rings. The highest BCUT2D eigenvalue weighted by Crippen LogP contribution is 2.27. The van der Waals surface area contributed by atoms with Gasteiger partial charge in [-0.1, -0.05) is 12.1 Å². The van der Waals surface area contributed by atoms with E-state index in [1.807, 2.05) is 12.1 Å². The van der Waals surface area contributed by atoms with Crippen molar-refractivity contribution in [1.29, 1.82) is 0 Å². The lowest BCUT2D eigenvalue weighted by atomic mass is 10.2. The molecule has 0 bridgehead atoms. The third-order valence-corrected chi connectivity index (χ3v) is 3.59. The second kappa shape index (κ2) is 9.81. The number of carbonyl (C=O) groups is 2. The first-order valence-corrected chi connectivity index (χ1v) is 8.04. The smallest absolute Gasteiger partial charge is 0.259 e. The van der Waals surface area contributed by atoms with E-state index >= 15 is 0 Å². The van der Waals surface area contributed by atoms with Gasteiger partial charge in [0.05, 0.1) is 34.1 Å². The molecular weight excluding hydrogens is 350 g/mol. The van der Waals surface area contributed by atoms with E-state index in [2.05, 4.69) is 15.8 Å². The number of nitrogens with zero attached hydrogens (tertiary/aromatic N) is 1. The fraction of sp³-hybridized carbons (Fsp3) is 0.211. The summed E-state index contributed by atoms with van der Waals surface area (Å²) in [5.41, 5.74) is 3.41. The average molecular weight is 371 g/mol. The van der Waals surface area contributed by atoms with Gasteiger partial charge in [0.2, 0.25) is 0 Å². The van der Waals surface area contributed by atoms with Gasteiger partial charge in [-0.3, -0.25) is 9.59 Å². The molecule has 0 saturated carbocycles. The van der Waals surface area contributed by atoms with Crippen molar-refractivity contribution in [3.05, 3.63) is 53.6 Å². The average Bonchev–Trinajstić information content (AvgIpc) is 2.71. The molecule has 0 atom stereocenters. The molecule has 0 aromatic heterocycles. The minimum Gasteiger partial charge on any atom is -0.496 e. The molecule has 0 aliphatic rings. The predicted molar refractivity (Wildman–Crippen MR) is 101 cm³/mol. The number of carbonyl (C=O) groups excluding carboxylic acids is 2. The Hall–Kier alpha value is -3.55. The fourth-order valence-electron chi connectivity index (χ4n) is 2.23. The first-order valence-electron chi connectivity index (χ1n) is 8.04. The molecule has 8 nitrogen and oxygen atoms in total. The van der Waals surface area contributed by atoms with Gasteiger partial charge >= 0.3 is 0 Å². The number of hydrazone groups is 1. The third kappa shape index (κ3) is 5.46. The fourth-order valence-corrected chi connectivity index (χ4v) is 2.23. The first-order chi connectivity index (χ1) is 13.1. The van der Waals surface area contributed by atoms with Gasteiger partial charge in [-0.05, 0) is 30.3 Å². The molecule has 2 aromatic carbocycles. The molecule has 0 radical (unpaired) electrons. The summed E-state index contributed by atoms with van der Waals surface area (Å²) in [6, 6.07) is 12.0. The van der Waals surface area contributed by atoms with Gasteiger partial charge in [0.25, 0.3) is 11.8 Å². The van der Waals surface area contributed by atoms with E-state index < -0.39 is 11.8 Å². The van der Waals surface area contributed by atoms with Crippen LogP contribution in [-0.4, -0.2) is 45.9 Å². The zero-order valence-corrected chi connectivity index (χ0v) is 15.3. The van der Waals surface area contributed by atoms with Crippen molar-refractivity contribution in [1.82, 2.24) is 10.7 Å². The Balaban J connectivity index is 1.88. The van der Waals surface area contributed by atoms with Gasteiger partial charge in [-0.2, -0.15) is 5.10 Å². The van der Waals surface area contributed by atoms with Crippen LogP contribution in [0.1, 0.15) is 15.9 Å². The third-order valence-electron chi connectivity index (χ3n) is 3.59. The second-order valence-electron chi connectivity index (χ2n) is 5.29. The summed E-state index contributed by atoms with van der Waals surface area (Å²) in [5.74, 6) is 0.695. The van der Waals surface area contributed by atoms with Crippen molar-refractivity contribution in [3.8, 4) is 17.2 Å². The Morgan fingerprint density at radius 1 is 0.963 bits per heavy atom. The number of benzene rings is 2. The molecule has 0 fully saturated rings. The summed E-state index contributed by atoms with van der Waals surface area (Å²) in [6.07, 6.45) is 1.47. The maximum atomic E-state index is 12.2. The molecule has 0 saturated heterocycles. The van der Waals surface area contributed by atoms with Gasteiger partial charge in [0.15, 0.2) is 11.5 Å². The van der Waals surface area contributed by atoms with Crippen molar-refractivity contribution in [2.75, 3.05) is 27.9 Å². The van der Waals surface area contributed by atoms with Crippen LogP contribution in [-0.2, 0) is 4.79 Å². The van der Waals surface area contributed by atoms with Crippen LogP contribution in [0, 0.1) is 0 Å². The molecule has 27 heavy (non-hydrogen) atoms. The van der Waals surface area contributed by atoms with Crippen molar-refractivity contribution in [3.63, 3.8) is 0 Å². The number of hydrogen-bond acceptors (Lipinski definition) is 6. The summed E-state index contributed by atoms with van der Waals surface area (Å²) in [7, 11) is 4.54. The summed E-state index contributed by atoms with van der Waals surface area (Å²) in [4.78, 5) is 24.0. The van der Waals surface area contributed by atoms with Crippen molar-refractivity contribution < 1.29 is 23.8 Å². The molecule has 0 aliphatic carbocycles. The topological polar surface area (TPSA) is 98.2 Å². The standard InChI is InChI=1S/C19H21N3O5/c1-25-15-7-5-4-6-14(15)11-21-22-18(23)12-20-19(24)13-8-9-16(26-2)17(10-13)27-3/h4-11H,12H2,1-3H3,(H,20,24)(H,22,23). The highest BCUT2D eigenvalue weighted by molar-refractivity contribution is 5.97. The number of amides is 2. The Morgan fingerprint density at radius 3 is 2.37 bits per heavy atom. The van der Waals surface area contributed by atoms with Crippen LogP contribution in [0.5, 0.6) is 17.2 Å². The van der Waals surface area contributed by atoms with Crippen LogP contribution in [0.2, 0.25) is 0 Å². The lowest BCUT2D eigenvalue weighted by Gasteiger charge is -2.09. The number of hydrogen-bond donors (Lipinski definition) is 2. The highest BCUT2D eigenvalue weighted by atomic mass is 16.5. The van der Waals surface area contributed by atoms with E-state index in [1.54, 1.807) is 31.4 Å². The highest BCUT2D eigenvalue weighted by Gasteiger charge is 2.11. The van der Waals surface area contributed by atoms with Crippen LogP contribution in [0.15, 0.2) is 47.6 Å². The van der Waals surface area contributed by atoms with Crippen LogP contribution in [0.3, 0.4) is 0 Å². The lowest BCUT2D eigenvalue weighted by Crippen LogP contribution is -2.34. The number of para-hydroxylation sites is 1. The minimum atomic E-state index is -0.463. The Kier molecular flexibility index (Phi) is 7.18. The number of ether oxygens (including phenoxy) is 3. The van der Waals surface area contributed by atoms with E-state index in [-0.39, 0.29) is 6.54 Å². The van der Waals surface area contributed by atoms with Crippen molar-refractivity contribution in [2.24, 2.45) is 5.10 Å². The molecule has 0 heterocycles. The van der Waals surface area contributed by atoms with E-state index in [0.29, 0.717) is 22.8 Å². The van der Waals surface area contributed by atoms with E-state index in [9.17, 15) is 9.59 Å². The summed E-state index contributed by atoms with van der Waals surface area (Å²) in [6.45, 7) is -0.226. The predicted octanol–water partition coefficient (Wildman–Crippen LogP) is 1.59. The summed E-state index contributed by atoms with van der Waals surface area (Å²) in [5, 5.41) is 6.37. The number of rotatable bonds is 8. The molecular formula is C19H21N3O5. The summed E-state index contributed by atoms with van der Waals surface area (Å²) >= 11 is 0. The SMILES string of the molecule is COc1ccccc1C=NNC(=O)CNC(=O)c1ccc(OC)c(OC)c1. The van der Waals surface area contributed by atoms with Crippen LogP contribution in [0.25, 0.3) is 0 Å². The van der Waals surface area contributed by atoms with Gasteiger partial charge in [-0.25, -0.2) is 5.43 Å². The van der Waals surface area contributed by atoms with Gasteiger partial charge in [0, 0.05) is 11.1 Å². The quantitative estimate of drug-likeness (QED) is 0.542. The van der Waals surface area contributed by atoms with Crippen molar-refractivity contribution in [2.45, 2.75) is 0 Å². The molecule has 0 aliphatic heterocycles. The largest absolute Gasteiger partial charge is 0.496 e. The van der Waals surface area contributed by atoms with Crippen molar-refractivity contribution >= 4 is 18.0 Å². The van der Waals surface area contributed by atoms with E-state index in [4.69, 9.17) is 14.2 Å². The molecule has 8 heteroatoms. The van der Waals surface area contributed by atoms with E-state index in [1.165, 1.54) is 26.5 Å². The molecule has 0 unspecified atom stereocenters. The minimum absolute atomic E-state index is 0.226. The van der Waals surface area contributed by atoms with Gasteiger partial charge < -0.3 is 19.5 Å². The Morgan fingerprint density at radius 2 is 1.67 bits per heavy atom. The second-order valence-corrected chi connectivity index (χ2v) is 5.29. The van der Waals surface area contributed by atoms with Crippen LogP contribution >= 0.6 is 0 Å². The Labute approximate surface area is 157 Å². The molecule has 0 spiro atoms. The monoisotopic (exact) mass is 371 g/mol. The summed E-state index contributed by atoms with van der Waals surface area (Å²) < 4.78 is 15.5. The van der Waals surface area contributed by atoms with Crippen LogP contribution in [0.4, 0.5) is 0 Å². The Bertz CT molecular complexity index is 836.